The summed E-state index contributed by atoms with van der Waals surface area (Å²) < 4.78 is 21.1. The average Bonchev–Trinajstić information content (AvgIpc) is 1.43. The first-order chi connectivity index (χ1) is 5.41. The minimum Gasteiger partial charge on any atom is -1.00 e. The molecule has 0 unspecified atom stereocenters. The van der Waals surface area contributed by atoms with Crippen LogP contribution in [0.25, 0.3) is 0 Å². The van der Waals surface area contributed by atoms with Crippen molar-refractivity contribution in [3.8, 4) is 0 Å². The van der Waals surface area contributed by atoms with Gasteiger partial charge in [-0.2, -0.15) is 0 Å². The van der Waals surface area contributed by atoms with E-state index in [1.165, 1.54) is 0 Å². The smallest absolute Gasteiger partial charge is 1.00 e. The molecule has 0 aliphatic rings. The molecule has 0 aromatic rings. The summed E-state index contributed by atoms with van der Waals surface area (Å²) in [7, 11) is -3.94. The zero-order valence-electron chi connectivity index (χ0n) is 11.1. The molecule has 0 fully saturated rings. The maximum Gasteiger partial charge on any atom is 1.00 e. The van der Waals surface area contributed by atoms with Crippen LogP contribution in [-0.2, 0) is 13.6 Å². The molecule has 6 heteroatoms. The Hall–Kier alpha value is 1.75. The standard InChI is InChI=1S/C8H19O4P.K.H/c1-7(2,3)11-13(9,10)12-8(4,5)6;;/h1-6H3,(H,9,10);;/q;+1;-1. The van der Waals surface area contributed by atoms with Gasteiger partial charge in [0, 0.05) is 0 Å². The fourth-order valence-corrected chi connectivity index (χ4v) is 2.13. The van der Waals surface area contributed by atoms with E-state index in [0.717, 1.165) is 0 Å². The van der Waals surface area contributed by atoms with Gasteiger partial charge in [0.25, 0.3) is 0 Å². The van der Waals surface area contributed by atoms with Crippen LogP contribution in [0.1, 0.15) is 43.0 Å². The third kappa shape index (κ3) is 11.8. The first-order valence-electron chi connectivity index (χ1n) is 4.16. The van der Waals surface area contributed by atoms with Crippen molar-refractivity contribution in [2.75, 3.05) is 0 Å². The van der Waals surface area contributed by atoms with Crippen LogP contribution in [0.3, 0.4) is 0 Å². The van der Waals surface area contributed by atoms with Gasteiger partial charge in [0.05, 0.1) is 11.2 Å². The molecule has 0 aliphatic carbocycles. The summed E-state index contributed by atoms with van der Waals surface area (Å²) in [5.74, 6) is 0. The molecule has 0 amide bonds. The van der Waals surface area contributed by atoms with Crippen molar-refractivity contribution in [1.82, 2.24) is 0 Å². The van der Waals surface area contributed by atoms with E-state index in [2.05, 4.69) is 0 Å². The van der Waals surface area contributed by atoms with Crippen molar-refractivity contribution in [2.24, 2.45) is 0 Å². The van der Waals surface area contributed by atoms with Gasteiger partial charge >= 0.3 is 59.2 Å². The van der Waals surface area contributed by atoms with Crippen molar-refractivity contribution < 1.29 is 71.3 Å². The van der Waals surface area contributed by atoms with Crippen molar-refractivity contribution in [3.05, 3.63) is 0 Å². The summed E-state index contributed by atoms with van der Waals surface area (Å²) in [6.07, 6.45) is 0. The van der Waals surface area contributed by atoms with Crippen LogP contribution in [0, 0.1) is 0 Å². The minimum atomic E-state index is -3.94. The third-order valence-electron chi connectivity index (χ3n) is 0.778. The number of hydrogen-bond acceptors (Lipinski definition) is 3. The Bertz CT molecular complexity index is 202. The first kappa shape index (κ1) is 18.1. The number of phosphoric acid groups is 1. The van der Waals surface area contributed by atoms with Gasteiger partial charge in [-0.15, -0.1) is 0 Å². The van der Waals surface area contributed by atoms with Gasteiger partial charge in [-0.3, -0.25) is 9.05 Å². The van der Waals surface area contributed by atoms with Crippen molar-refractivity contribution in [2.45, 2.75) is 52.7 Å². The molecule has 1 N–H and O–H groups in total. The summed E-state index contributed by atoms with van der Waals surface area (Å²) in [4.78, 5) is 9.30. The van der Waals surface area contributed by atoms with Crippen molar-refractivity contribution >= 4 is 7.82 Å². The Labute approximate surface area is 130 Å². The molecular formula is C8H20KO4P. The second kappa shape index (κ2) is 5.89. The predicted octanol–water partition coefficient (Wildman–Crippen LogP) is -0.167. The van der Waals surface area contributed by atoms with E-state index < -0.39 is 19.0 Å². The van der Waals surface area contributed by atoms with Gasteiger partial charge in [-0.25, -0.2) is 4.57 Å². The summed E-state index contributed by atoms with van der Waals surface area (Å²) in [5, 5.41) is 0. The Morgan fingerprint density at radius 3 is 1.36 bits per heavy atom. The second-order valence-electron chi connectivity index (χ2n) is 4.88. The van der Waals surface area contributed by atoms with E-state index in [1.807, 2.05) is 0 Å². The van der Waals surface area contributed by atoms with Crippen molar-refractivity contribution in [1.29, 1.82) is 0 Å². The maximum atomic E-state index is 11.4. The van der Waals surface area contributed by atoms with E-state index in [4.69, 9.17) is 9.05 Å². The fraction of sp³-hybridized carbons (Fsp3) is 1.00. The van der Waals surface area contributed by atoms with Crippen LogP contribution in [0.15, 0.2) is 0 Å². The van der Waals surface area contributed by atoms with Gasteiger partial charge in [-0.05, 0) is 41.5 Å². The Balaban J connectivity index is -0.000000720. The number of rotatable bonds is 2. The van der Waals surface area contributed by atoms with E-state index in [0.29, 0.717) is 0 Å². The number of hydrogen-bond donors (Lipinski definition) is 1. The maximum absolute atomic E-state index is 11.4. The molecule has 0 saturated heterocycles. The van der Waals surface area contributed by atoms with E-state index in [9.17, 15) is 9.46 Å². The Morgan fingerprint density at radius 2 is 1.21 bits per heavy atom. The molecule has 0 aromatic heterocycles. The van der Waals surface area contributed by atoms with Crippen LogP contribution in [0.5, 0.6) is 0 Å². The van der Waals surface area contributed by atoms with Crippen LogP contribution in [-0.4, -0.2) is 16.1 Å². The van der Waals surface area contributed by atoms with E-state index >= 15 is 0 Å². The Morgan fingerprint density at radius 1 is 1.00 bits per heavy atom. The predicted molar refractivity (Wildman–Crippen MR) is 52.6 cm³/mol. The third-order valence-corrected chi connectivity index (χ3v) is 2.34. The molecule has 0 heterocycles. The van der Waals surface area contributed by atoms with Crippen LogP contribution >= 0.6 is 7.82 Å². The van der Waals surface area contributed by atoms with E-state index in [-0.39, 0.29) is 52.8 Å². The van der Waals surface area contributed by atoms with Gasteiger partial charge in [-0.1, -0.05) is 0 Å². The molecule has 0 aliphatic heterocycles. The zero-order chi connectivity index (χ0) is 10.9. The minimum absolute atomic E-state index is 0. The molecule has 0 spiro atoms. The molecule has 82 valence electrons. The monoisotopic (exact) mass is 250 g/mol. The quantitative estimate of drug-likeness (QED) is 0.546. The molecule has 4 nitrogen and oxygen atoms in total. The summed E-state index contributed by atoms with van der Waals surface area (Å²) in [6, 6.07) is 0. The summed E-state index contributed by atoms with van der Waals surface area (Å²) in [6.45, 7) is 10.2. The summed E-state index contributed by atoms with van der Waals surface area (Å²) >= 11 is 0. The molecule has 0 rings (SSSR count). The molecule has 0 saturated carbocycles. The molecule has 0 radical (unpaired) electrons. The molecule has 0 aromatic carbocycles. The van der Waals surface area contributed by atoms with Crippen molar-refractivity contribution in [3.63, 3.8) is 0 Å². The number of phosphoric ester groups is 1. The van der Waals surface area contributed by atoms with Crippen LogP contribution in [0.4, 0.5) is 0 Å². The van der Waals surface area contributed by atoms with Gasteiger partial charge in [0.15, 0.2) is 0 Å². The van der Waals surface area contributed by atoms with Gasteiger partial charge in [0.1, 0.15) is 0 Å². The van der Waals surface area contributed by atoms with Crippen LogP contribution in [0.2, 0.25) is 0 Å². The van der Waals surface area contributed by atoms with Gasteiger partial charge < -0.3 is 6.32 Å². The second-order valence-corrected chi connectivity index (χ2v) is 6.18. The van der Waals surface area contributed by atoms with E-state index in [1.54, 1.807) is 41.5 Å². The molecule has 14 heavy (non-hydrogen) atoms. The zero-order valence-corrected chi connectivity index (χ0v) is 14.1. The SMILES string of the molecule is CC(C)(C)OP(=O)(O)OC(C)(C)C.[H-].[K+]. The average molecular weight is 250 g/mol. The fourth-order valence-electron chi connectivity index (χ4n) is 0.711. The normalized spacial score (nSPS) is 13.6. The molecule has 0 atom stereocenters. The molecule has 0 bridgehead atoms. The first-order valence-corrected chi connectivity index (χ1v) is 5.65. The van der Waals surface area contributed by atoms with Gasteiger partial charge in [0.2, 0.25) is 0 Å². The summed E-state index contributed by atoms with van der Waals surface area (Å²) in [5.41, 5.74) is -1.37. The Kier molecular flexibility index (Phi) is 7.63. The van der Waals surface area contributed by atoms with Crippen LogP contribution < -0.4 is 51.4 Å². The largest absolute Gasteiger partial charge is 1.00 e. The topological polar surface area (TPSA) is 55.8 Å². The molecular weight excluding hydrogens is 230 g/mol.